The molecule has 1 saturated heterocycles. The van der Waals surface area contributed by atoms with Crippen molar-refractivity contribution >= 4 is 33.4 Å². The van der Waals surface area contributed by atoms with E-state index in [0.29, 0.717) is 23.0 Å². The van der Waals surface area contributed by atoms with Gasteiger partial charge >= 0.3 is 0 Å². The molecule has 1 aromatic heterocycles. The maximum absolute atomic E-state index is 13.7. The van der Waals surface area contributed by atoms with Gasteiger partial charge in [-0.15, -0.1) is 0 Å². The number of rotatable bonds is 8. The molecule has 216 valence electrons. The molecule has 0 radical (unpaired) electrons. The minimum Gasteiger partial charge on any atom is -0.394 e. The van der Waals surface area contributed by atoms with Crippen molar-refractivity contribution in [3.8, 4) is 0 Å². The molecule has 1 fully saturated rings. The standard InChI is InChI=1S/C31H34N2O8/c1-17(2)26(36)21-9-10-22-23(29(39)32-31(16-35)28(38)27(37)25(15-34)41-30(31)40)14-33(24(22)12-21)13-18-7-8-19-5-3-4-6-20(19)11-18/h3-12,14,17,25,27-28,30,34-35,37-38,40H,13,15-16H2,1-2H3,(H,32,39)/t25-,27-,28+,30?,31-/m1/s1. The number of benzene rings is 3. The molecule has 0 saturated carbocycles. The van der Waals surface area contributed by atoms with E-state index in [1.165, 1.54) is 0 Å². The minimum absolute atomic E-state index is 0.0476. The van der Waals surface area contributed by atoms with E-state index in [0.717, 1.165) is 16.3 Å². The summed E-state index contributed by atoms with van der Waals surface area (Å²) in [6.07, 6.45) is -5.15. The van der Waals surface area contributed by atoms with Gasteiger partial charge in [0.1, 0.15) is 23.9 Å². The van der Waals surface area contributed by atoms with Crippen LogP contribution in [-0.2, 0) is 11.3 Å². The summed E-state index contributed by atoms with van der Waals surface area (Å²) < 4.78 is 7.06. The van der Waals surface area contributed by atoms with Crippen LogP contribution in [0.5, 0.6) is 0 Å². The highest BCUT2D eigenvalue weighted by molar-refractivity contribution is 6.09. The highest BCUT2D eigenvalue weighted by Crippen LogP contribution is 2.31. The Labute approximate surface area is 236 Å². The summed E-state index contributed by atoms with van der Waals surface area (Å²) in [6.45, 7) is 2.35. The molecule has 2 heterocycles. The number of aliphatic hydroxyl groups is 5. The molecule has 4 aromatic rings. The molecular weight excluding hydrogens is 528 g/mol. The number of Topliss-reactive ketones (excluding diaryl/α,β-unsaturated/α-hetero) is 1. The summed E-state index contributed by atoms with van der Waals surface area (Å²) in [7, 11) is 0. The van der Waals surface area contributed by atoms with Crippen molar-refractivity contribution in [2.45, 2.75) is 50.5 Å². The van der Waals surface area contributed by atoms with Gasteiger partial charge in [0.05, 0.1) is 18.8 Å². The van der Waals surface area contributed by atoms with Crippen LogP contribution >= 0.6 is 0 Å². The van der Waals surface area contributed by atoms with Crippen LogP contribution in [-0.4, -0.2) is 85.1 Å². The summed E-state index contributed by atoms with van der Waals surface area (Å²) in [4.78, 5) is 26.5. The normalized spacial score (nSPS) is 24.7. The highest BCUT2D eigenvalue weighted by atomic mass is 16.6. The number of fused-ring (bicyclic) bond motifs is 2. The Morgan fingerprint density at radius 1 is 1.00 bits per heavy atom. The van der Waals surface area contributed by atoms with Gasteiger partial charge in [-0.05, 0) is 28.5 Å². The third-order valence-electron chi connectivity index (χ3n) is 7.87. The number of aromatic nitrogens is 1. The Hall–Kier alpha value is -3.64. The molecule has 1 aliphatic rings. The number of aliphatic hydroxyl groups excluding tert-OH is 5. The molecule has 3 aromatic carbocycles. The summed E-state index contributed by atoms with van der Waals surface area (Å²) in [5.74, 6) is -1.03. The van der Waals surface area contributed by atoms with Crippen molar-refractivity contribution in [3.63, 3.8) is 0 Å². The molecule has 10 heteroatoms. The highest BCUT2D eigenvalue weighted by Gasteiger charge is 2.56. The number of hydrogen-bond acceptors (Lipinski definition) is 8. The Balaban J connectivity index is 1.56. The molecule has 0 bridgehead atoms. The Morgan fingerprint density at radius 2 is 1.73 bits per heavy atom. The Morgan fingerprint density at radius 3 is 2.41 bits per heavy atom. The minimum atomic E-state index is -2.16. The van der Waals surface area contributed by atoms with E-state index in [1.54, 1.807) is 24.4 Å². The van der Waals surface area contributed by atoms with Crippen LogP contribution in [0.4, 0.5) is 0 Å². The second-order valence-electron chi connectivity index (χ2n) is 10.9. The molecule has 6 N–H and O–H groups in total. The van der Waals surface area contributed by atoms with Crippen molar-refractivity contribution in [2.24, 2.45) is 5.92 Å². The van der Waals surface area contributed by atoms with Crippen LogP contribution in [0.2, 0.25) is 0 Å². The first-order valence-electron chi connectivity index (χ1n) is 13.5. The fourth-order valence-corrected chi connectivity index (χ4v) is 5.42. The molecule has 1 aliphatic heterocycles. The monoisotopic (exact) mass is 562 g/mol. The number of carbonyl (C=O) groups is 2. The third kappa shape index (κ3) is 5.14. The smallest absolute Gasteiger partial charge is 0.254 e. The second kappa shape index (κ2) is 11.3. The topological polar surface area (TPSA) is 161 Å². The predicted octanol–water partition coefficient (Wildman–Crippen LogP) is 1.57. The first-order valence-corrected chi connectivity index (χ1v) is 13.5. The van der Waals surface area contributed by atoms with Gasteiger partial charge in [0, 0.05) is 35.1 Å². The molecule has 41 heavy (non-hydrogen) atoms. The first-order chi connectivity index (χ1) is 19.6. The molecule has 0 aliphatic carbocycles. The van der Waals surface area contributed by atoms with Gasteiger partial charge in [-0.25, -0.2) is 0 Å². The SMILES string of the molecule is CC(C)C(=O)c1ccc2c(C(=O)N[C@@]3(CO)C(O)O[C@H](CO)[C@@H](O)[C@@H]3O)cn(Cc3ccc4ccccc4c3)c2c1. The van der Waals surface area contributed by atoms with E-state index < -0.39 is 49.3 Å². The van der Waals surface area contributed by atoms with E-state index in [1.807, 2.05) is 54.8 Å². The molecule has 1 amide bonds. The number of ether oxygens (including phenoxy) is 1. The lowest BCUT2D eigenvalue weighted by molar-refractivity contribution is -0.288. The number of nitrogens with one attached hydrogen (secondary N) is 1. The zero-order valence-electron chi connectivity index (χ0n) is 22.8. The van der Waals surface area contributed by atoms with E-state index in [9.17, 15) is 35.1 Å². The molecule has 5 atom stereocenters. The van der Waals surface area contributed by atoms with E-state index in [-0.39, 0.29) is 17.3 Å². The van der Waals surface area contributed by atoms with Gasteiger partial charge in [-0.2, -0.15) is 0 Å². The largest absolute Gasteiger partial charge is 0.394 e. The van der Waals surface area contributed by atoms with Crippen LogP contribution in [0.25, 0.3) is 21.7 Å². The van der Waals surface area contributed by atoms with Crippen molar-refractivity contribution in [2.75, 3.05) is 13.2 Å². The lowest BCUT2D eigenvalue weighted by atomic mass is 9.83. The van der Waals surface area contributed by atoms with Gasteiger partial charge in [0.15, 0.2) is 12.1 Å². The van der Waals surface area contributed by atoms with Gasteiger partial charge < -0.3 is 40.2 Å². The fourth-order valence-electron chi connectivity index (χ4n) is 5.42. The summed E-state index contributed by atoms with van der Waals surface area (Å²) in [5.41, 5.74) is 0.0748. The van der Waals surface area contributed by atoms with Gasteiger partial charge in [0.25, 0.3) is 5.91 Å². The van der Waals surface area contributed by atoms with E-state index in [4.69, 9.17) is 4.74 Å². The number of carbonyl (C=O) groups excluding carboxylic acids is 2. The zero-order valence-corrected chi connectivity index (χ0v) is 22.8. The molecule has 10 nitrogen and oxygen atoms in total. The Bertz CT molecular complexity index is 1600. The quantitative estimate of drug-likeness (QED) is 0.176. The second-order valence-corrected chi connectivity index (χ2v) is 10.9. The van der Waals surface area contributed by atoms with Crippen LogP contribution in [0.1, 0.15) is 40.1 Å². The lowest BCUT2D eigenvalue weighted by Gasteiger charge is -2.48. The predicted molar refractivity (Wildman–Crippen MR) is 151 cm³/mol. The maximum atomic E-state index is 13.7. The number of hydrogen-bond donors (Lipinski definition) is 6. The van der Waals surface area contributed by atoms with Crippen molar-refractivity contribution in [3.05, 3.63) is 83.6 Å². The number of amides is 1. The molecule has 0 spiro atoms. The summed E-state index contributed by atoms with van der Waals surface area (Å²) in [6, 6.07) is 19.1. The van der Waals surface area contributed by atoms with E-state index in [2.05, 4.69) is 11.4 Å². The van der Waals surface area contributed by atoms with Crippen LogP contribution in [0, 0.1) is 5.92 Å². The van der Waals surface area contributed by atoms with Crippen molar-refractivity contribution in [1.82, 2.24) is 9.88 Å². The first kappa shape index (κ1) is 28.9. The van der Waals surface area contributed by atoms with Crippen LogP contribution < -0.4 is 5.32 Å². The van der Waals surface area contributed by atoms with Crippen LogP contribution in [0.3, 0.4) is 0 Å². The zero-order chi connectivity index (χ0) is 29.5. The van der Waals surface area contributed by atoms with Gasteiger partial charge in [-0.3, -0.25) is 9.59 Å². The fraction of sp³-hybridized carbons (Fsp3) is 0.355. The molecular formula is C31H34N2O8. The average Bonchev–Trinajstić information content (AvgIpc) is 3.34. The summed E-state index contributed by atoms with van der Waals surface area (Å²) >= 11 is 0. The number of ketones is 1. The Kier molecular flexibility index (Phi) is 7.97. The van der Waals surface area contributed by atoms with Crippen molar-refractivity contribution in [1.29, 1.82) is 0 Å². The summed E-state index contributed by atoms with van der Waals surface area (Å²) in [5, 5.41) is 56.5. The lowest BCUT2D eigenvalue weighted by Crippen LogP contribution is -2.74. The van der Waals surface area contributed by atoms with E-state index >= 15 is 0 Å². The van der Waals surface area contributed by atoms with Crippen LogP contribution in [0.15, 0.2) is 66.9 Å². The van der Waals surface area contributed by atoms with Gasteiger partial charge in [-0.1, -0.05) is 62.4 Å². The number of nitrogens with zero attached hydrogens (tertiary/aromatic N) is 1. The third-order valence-corrected chi connectivity index (χ3v) is 7.87. The van der Waals surface area contributed by atoms with Gasteiger partial charge in [0.2, 0.25) is 0 Å². The average molecular weight is 563 g/mol. The maximum Gasteiger partial charge on any atom is 0.254 e. The van der Waals surface area contributed by atoms with Crippen molar-refractivity contribution < 1.29 is 39.9 Å². The molecule has 1 unspecified atom stereocenters. The molecule has 5 rings (SSSR count).